The average molecular weight is 521 g/mol. The number of carbonyl (C=O) groups is 2. The van der Waals surface area contributed by atoms with E-state index in [2.05, 4.69) is 10.3 Å². The second-order valence-corrected chi connectivity index (χ2v) is 8.71. The summed E-state index contributed by atoms with van der Waals surface area (Å²) in [6.07, 6.45) is -2.30. The van der Waals surface area contributed by atoms with E-state index in [0.29, 0.717) is 31.7 Å². The number of hydrogen-bond donors (Lipinski definition) is 2. The van der Waals surface area contributed by atoms with E-state index in [9.17, 15) is 27.2 Å². The molecule has 13 heteroatoms. The highest BCUT2D eigenvalue weighted by molar-refractivity contribution is 7.81. The Hall–Kier alpha value is -3.63. The summed E-state index contributed by atoms with van der Waals surface area (Å²) in [4.78, 5) is 31.6. The van der Waals surface area contributed by atoms with Crippen LogP contribution < -0.4 is 15.1 Å². The Kier molecular flexibility index (Phi) is 6.68. The zero-order valence-electron chi connectivity index (χ0n) is 18.6. The monoisotopic (exact) mass is 521 g/mol. The van der Waals surface area contributed by atoms with Gasteiger partial charge in [0.1, 0.15) is 17.4 Å². The molecule has 0 radical (unpaired) electrons. The molecule has 188 valence electrons. The van der Waals surface area contributed by atoms with Crippen molar-refractivity contribution in [2.24, 2.45) is 0 Å². The summed E-state index contributed by atoms with van der Waals surface area (Å²) in [7, 11) is 0. The summed E-state index contributed by atoms with van der Waals surface area (Å²) in [5.41, 5.74) is -3.70. The minimum absolute atomic E-state index is 0.139. The zero-order valence-corrected chi connectivity index (χ0v) is 19.4. The smallest absolute Gasteiger partial charge is 0.396 e. The molecule has 2 aliphatic rings. The highest BCUT2D eigenvalue weighted by Gasteiger charge is 2.59. The van der Waals surface area contributed by atoms with Crippen LogP contribution in [0.2, 0.25) is 0 Å². The number of rotatable bonds is 6. The molecule has 0 unspecified atom stereocenters. The van der Waals surface area contributed by atoms with Crippen molar-refractivity contribution >= 4 is 40.5 Å². The molecule has 2 N–H and O–H groups in total. The first kappa shape index (κ1) is 25.5. The van der Waals surface area contributed by atoms with E-state index >= 15 is 0 Å². The Morgan fingerprint density at radius 3 is 2.56 bits per heavy atom. The van der Waals surface area contributed by atoms with Gasteiger partial charge in [0.05, 0.1) is 23.0 Å². The third-order valence-electron chi connectivity index (χ3n) is 6.21. The van der Waals surface area contributed by atoms with Crippen molar-refractivity contribution < 1.29 is 32.3 Å². The van der Waals surface area contributed by atoms with Gasteiger partial charge in [-0.15, -0.1) is 0 Å². The largest absolute Gasteiger partial charge is 0.419 e. The van der Waals surface area contributed by atoms with Crippen LogP contribution in [0.25, 0.3) is 0 Å². The fourth-order valence-electron chi connectivity index (χ4n) is 4.29. The van der Waals surface area contributed by atoms with Crippen molar-refractivity contribution in [1.82, 2.24) is 10.3 Å². The number of nitriles is 1. The summed E-state index contributed by atoms with van der Waals surface area (Å²) in [6.45, 7) is 0.0117. The molecule has 0 atom stereocenters. The normalized spacial score (nSPS) is 16.8. The van der Waals surface area contributed by atoms with Gasteiger partial charge in [-0.05, 0) is 62.2 Å². The van der Waals surface area contributed by atoms with Crippen LogP contribution in [-0.4, -0.2) is 45.7 Å². The van der Waals surface area contributed by atoms with Crippen molar-refractivity contribution in [3.8, 4) is 6.07 Å². The first-order valence-corrected chi connectivity index (χ1v) is 11.3. The molecule has 2 amide bonds. The van der Waals surface area contributed by atoms with Crippen LogP contribution in [0.1, 0.15) is 47.3 Å². The van der Waals surface area contributed by atoms with Gasteiger partial charge in [-0.25, -0.2) is 9.37 Å². The number of pyridine rings is 1. The van der Waals surface area contributed by atoms with Gasteiger partial charge in [0, 0.05) is 18.8 Å². The Bertz CT molecular complexity index is 1290. The van der Waals surface area contributed by atoms with Gasteiger partial charge in [-0.3, -0.25) is 14.5 Å². The molecule has 1 aliphatic heterocycles. The van der Waals surface area contributed by atoms with Crippen LogP contribution in [0.5, 0.6) is 0 Å². The predicted octanol–water partition coefficient (Wildman–Crippen LogP) is 3.28. The van der Waals surface area contributed by atoms with E-state index in [1.165, 1.54) is 23.1 Å². The third-order valence-corrected chi connectivity index (χ3v) is 6.58. The number of amides is 2. The van der Waals surface area contributed by atoms with E-state index < -0.39 is 40.6 Å². The van der Waals surface area contributed by atoms with Gasteiger partial charge in [-0.1, -0.05) is 0 Å². The fourth-order valence-corrected chi connectivity index (χ4v) is 4.76. The van der Waals surface area contributed by atoms with Crippen LogP contribution in [-0.2, 0) is 11.0 Å². The second kappa shape index (κ2) is 9.44. The lowest BCUT2D eigenvalue weighted by Crippen LogP contribution is -2.55. The minimum Gasteiger partial charge on any atom is -0.396 e. The van der Waals surface area contributed by atoms with Gasteiger partial charge < -0.3 is 15.3 Å². The maximum atomic E-state index is 14.9. The van der Waals surface area contributed by atoms with E-state index in [1.54, 1.807) is 0 Å². The van der Waals surface area contributed by atoms with Crippen molar-refractivity contribution in [1.29, 1.82) is 5.26 Å². The SMILES string of the molecule is N#Cc1ncc(N2C(=O)C3(CCC3)N(c3ccc(C(=O)NCCCO)c(F)c3)C2=S)cc1C(F)(F)F. The number of alkyl halides is 3. The molecule has 1 aromatic carbocycles. The summed E-state index contributed by atoms with van der Waals surface area (Å²) in [5, 5.41) is 20.1. The summed E-state index contributed by atoms with van der Waals surface area (Å²) in [6, 6.07) is 5.71. The molecule has 8 nitrogen and oxygen atoms in total. The van der Waals surface area contributed by atoms with Gasteiger partial charge in [0.2, 0.25) is 0 Å². The molecule has 1 saturated carbocycles. The van der Waals surface area contributed by atoms with Crippen LogP contribution in [0, 0.1) is 17.1 Å². The van der Waals surface area contributed by atoms with Gasteiger partial charge in [-0.2, -0.15) is 18.4 Å². The molecule has 4 rings (SSSR count). The van der Waals surface area contributed by atoms with E-state index in [1.807, 2.05) is 0 Å². The molecular weight excluding hydrogens is 502 g/mol. The molecule has 1 saturated heterocycles. The molecule has 2 fully saturated rings. The molecule has 1 aliphatic carbocycles. The van der Waals surface area contributed by atoms with Crippen LogP contribution in [0.15, 0.2) is 30.5 Å². The third kappa shape index (κ3) is 4.16. The van der Waals surface area contributed by atoms with Gasteiger partial charge >= 0.3 is 6.18 Å². The predicted molar refractivity (Wildman–Crippen MR) is 124 cm³/mol. The molecule has 1 spiro atoms. The van der Waals surface area contributed by atoms with Crippen molar-refractivity contribution in [3.63, 3.8) is 0 Å². The number of aliphatic hydroxyl groups is 1. The van der Waals surface area contributed by atoms with Crippen molar-refractivity contribution in [2.45, 2.75) is 37.4 Å². The quantitative estimate of drug-likeness (QED) is 0.341. The highest BCUT2D eigenvalue weighted by Crippen LogP contribution is 2.48. The number of thiocarbonyl (C=S) groups is 1. The molecular formula is C23H19F4N5O3S. The Labute approximate surface area is 208 Å². The van der Waals surface area contributed by atoms with Crippen LogP contribution in [0.4, 0.5) is 28.9 Å². The zero-order chi connectivity index (χ0) is 26.3. The number of anilines is 2. The lowest BCUT2D eigenvalue weighted by Gasteiger charge is -2.43. The van der Waals surface area contributed by atoms with E-state index in [-0.39, 0.29) is 35.2 Å². The summed E-state index contributed by atoms with van der Waals surface area (Å²) in [5.74, 6) is -2.14. The number of nitrogens with zero attached hydrogens (tertiary/aromatic N) is 4. The van der Waals surface area contributed by atoms with Gasteiger partial charge in [0.15, 0.2) is 10.8 Å². The topological polar surface area (TPSA) is 110 Å². The molecule has 0 bridgehead atoms. The number of halogens is 4. The first-order valence-electron chi connectivity index (χ1n) is 10.9. The highest BCUT2D eigenvalue weighted by atomic mass is 32.1. The average Bonchev–Trinajstić information content (AvgIpc) is 3.04. The minimum atomic E-state index is -4.89. The lowest BCUT2D eigenvalue weighted by molar-refractivity contribution is -0.138. The number of aromatic nitrogens is 1. The number of carbonyl (C=O) groups excluding carboxylic acids is 2. The fraction of sp³-hybridized carbons (Fsp3) is 0.348. The number of nitrogens with one attached hydrogen (secondary N) is 1. The maximum Gasteiger partial charge on any atom is 0.419 e. The first-order chi connectivity index (χ1) is 17.0. The Morgan fingerprint density at radius 2 is 2.00 bits per heavy atom. The maximum absolute atomic E-state index is 14.9. The lowest BCUT2D eigenvalue weighted by atomic mass is 9.75. The molecule has 1 aromatic heterocycles. The van der Waals surface area contributed by atoms with Gasteiger partial charge in [0.25, 0.3) is 11.8 Å². The standard InChI is InChI=1S/C23H19F4N5O3S/c24-17-10-13(3-4-15(17)19(34)29-7-2-8-33)32-21(36)31(20(35)22(32)5-1-6-22)14-9-16(23(25,26)27)18(11-28)30-12-14/h3-4,9-10,12,33H,1-2,5-8H2,(H,29,34). The molecule has 2 heterocycles. The summed E-state index contributed by atoms with van der Waals surface area (Å²) >= 11 is 5.48. The molecule has 36 heavy (non-hydrogen) atoms. The number of aliphatic hydroxyl groups excluding tert-OH is 1. The number of hydrogen-bond acceptors (Lipinski definition) is 6. The second-order valence-electron chi connectivity index (χ2n) is 8.34. The van der Waals surface area contributed by atoms with E-state index in [0.717, 1.165) is 17.2 Å². The summed E-state index contributed by atoms with van der Waals surface area (Å²) < 4.78 is 55.4. The molecule has 2 aromatic rings. The van der Waals surface area contributed by atoms with E-state index in [4.69, 9.17) is 22.6 Å². The van der Waals surface area contributed by atoms with Crippen molar-refractivity contribution in [2.75, 3.05) is 23.0 Å². The van der Waals surface area contributed by atoms with Crippen LogP contribution >= 0.6 is 12.2 Å². The van der Waals surface area contributed by atoms with Crippen molar-refractivity contribution in [3.05, 3.63) is 53.1 Å². The Morgan fingerprint density at radius 1 is 1.28 bits per heavy atom. The number of benzene rings is 1. The van der Waals surface area contributed by atoms with Crippen LogP contribution in [0.3, 0.4) is 0 Å². The Balaban J connectivity index is 1.71.